The summed E-state index contributed by atoms with van der Waals surface area (Å²) >= 11 is 0. The van der Waals surface area contributed by atoms with Crippen LogP contribution >= 0.6 is 0 Å². The van der Waals surface area contributed by atoms with E-state index in [0.29, 0.717) is 24.0 Å². The molecule has 0 spiro atoms. The number of hydrogen-bond donors (Lipinski definition) is 1. The predicted molar refractivity (Wildman–Crippen MR) is 152 cm³/mol. The van der Waals surface area contributed by atoms with Gasteiger partial charge in [-0.25, -0.2) is 0 Å². The Morgan fingerprint density at radius 3 is 2.24 bits per heavy atom. The standard InChI is InChI=1S/C32H38N4O/c1-3-34(4-2)32(33)24-14-17-29-31(20-24)37-30-13-9-8-12-28(30)36(29)27-21-25-15-16-26(22-27)35(25)19-18-23-10-6-5-7-11-23/h5-14,17,20,25-27,33H,3-4,15-16,18-19,21-22H2,1-2H3/t25-,26?,27?/m1/s1. The minimum absolute atomic E-state index is 0.447. The Hall–Kier alpha value is -3.31. The zero-order chi connectivity index (χ0) is 25.4. The molecule has 0 aromatic heterocycles. The first kappa shape index (κ1) is 24.1. The Balaban J connectivity index is 1.26. The van der Waals surface area contributed by atoms with Gasteiger partial charge in [-0.05, 0) is 81.8 Å². The minimum Gasteiger partial charge on any atom is -0.453 e. The summed E-state index contributed by atoms with van der Waals surface area (Å²) in [6, 6.07) is 27.5. The van der Waals surface area contributed by atoms with Crippen LogP contribution in [0.15, 0.2) is 72.8 Å². The molecule has 3 aromatic rings. The molecule has 2 saturated heterocycles. The van der Waals surface area contributed by atoms with Crippen molar-refractivity contribution in [1.29, 1.82) is 5.41 Å². The number of nitrogens with zero attached hydrogens (tertiary/aromatic N) is 3. The summed E-state index contributed by atoms with van der Waals surface area (Å²) in [5, 5.41) is 8.73. The lowest BCUT2D eigenvalue weighted by Crippen LogP contribution is -2.50. The molecule has 0 aliphatic carbocycles. The third-order valence-corrected chi connectivity index (χ3v) is 8.64. The second kappa shape index (κ2) is 10.2. The number of rotatable bonds is 7. The van der Waals surface area contributed by atoms with E-state index in [9.17, 15) is 0 Å². The van der Waals surface area contributed by atoms with Gasteiger partial charge in [0.25, 0.3) is 0 Å². The van der Waals surface area contributed by atoms with Crippen molar-refractivity contribution in [2.75, 3.05) is 24.5 Å². The average molecular weight is 495 g/mol. The molecule has 5 heteroatoms. The zero-order valence-corrected chi connectivity index (χ0v) is 22.1. The monoisotopic (exact) mass is 494 g/mol. The van der Waals surface area contributed by atoms with Crippen molar-refractivity contribution in [3.63, 3.8) is 0 Å². The Morgan fingerprint density at radius 1 is 0.838 bits per heavy atom. The lowest BCUT2D eigenvalue weighted by atomic mass is 9.93. The summed E-state index contributed by atoms with van der Waals surface area (Å²) in [5.74, 6) is 2.35. The van der Waals surface area contributed by atoms with Crippen molar-refractivity contribution in [3.05, 3.63) is 83.9 Å². The highest BCUT2D eigenvalue weighted by atomic mass is 16.5. The molecule has 3 aromatic carbocycles. The highest BCUT2D eigenvalue weighted by molar-refractivity contribution is 5.98. The summed E-state index contributed by atoms with van der Waals surface area (Å²) in [5.41, 5.74) is 4.66. The summed E-state index contributed by atoms with van der Waals surface area (Å²) < 4.78 is 6.45. The molecule has 2 fully saturated rings. The maximum absolute atomic E-state index is 8.73. The molecule has 2 unspecified atom stereocenters. The van der Waals surface area contributed by atoms with Gasteiger partial charge < -0.3 is 14.5 Å². The van der Waals surface area contributed by atoms with Gasteiger partial charge in [-0.3, -0.25) is 10.3 Å². The molecule has 0 saturated carbocycles. The van der Waals surface area contributed by atoms with Crippen molar-refractivity contribution in [1.82, 2.24) is 9.80 Å². The van der Waals surface area contributed by atoms with Crippen LogP contribution in [0.3, 0.4) is 0 Å². The molecule has 3 aliphatic heterocycles. The van der Waals surface area contributed by atoms with Gasteiger partial charge in [-0.15, -0.1) is 0 Å². The van der Waals surface area contributed by atoms with Crippen LogP contribution in [0, 0.1) is 5.41 Å². The molecule has 6 rings (SSSR count). The third kappa shape index (κ3) is 4.50. The van der Waals surface area contributed by atoms with Crippen molar-refractivity contribution in [2.45, 2.75) is 64.1 Å². The zero-order valence-electron chi connectivity index (χ0n) is 22.1. The maximum atomic E-state index is 8.73. The summed E-state index contributed by atoms with van der Waals surface area (Å²) in [7, 11) is 0. The molecular formula is C32H38N4O. The molecular weight excluding hydrogens is 456 g/mol. The molecule has 5 nitrogen and oxygen atoms in total. The summed E-state index contributed by atoms with van der Waals surface area (Å²) in [6.45, 7) is 7.01. The van der Waals surface area contributed by atoms with E-state index in [1.54, 1.807) is 0 Å². The number of fused-ring (bicyclic) bond motifs is 4. The van der Waals surface area contributed by atoms with Crippen LogP contribution in [0.2, 0.25) is 0 Å². The first-order valence-corrected chi connectivity index (χ1v) is 14.0. The van der Waals surface area contributed by atoms with Gasteiger partial charge in [0.1, 0.15) is 5.84 Å². The van der Waals surface area contributed by atoms with E-state index in [1.807, 2.05) is 0 Å². The number of piperidine rings is 1. The van der Waals surface area contributed by atoms with Crippen LogP contribution < -0.4 is 9.64 Å². The van der Waals surface area contributed by atoms with Crippen molar-refractivity contribution < 1.29 is 4.74 Å². The third-order valence-electron chi connectivity index (χ3n) is 8.64. The average Bonchev–Trinajstić information content (AvgIpc) is 3.17. The van der Waals surface area contributed by atoms with Gasteiger partial charge in [0.2, 0.25) is 0 Å². The fraction of sp³-hybridized carbons (Fsp3) is 0.406. The van der Waals surface area contributed by atoms with Gasteiger partial charge in [0, 0.05) is 43.3 Å². The lowest BCUT2D eigenvalue weighted by Gasteiger charge is -2.46. The first-order chi connectivity index (χ1) is 18.2. The smallest absolute Gasteiger partial charge is 0.151 e. The number of amidine groups is 1. The van der Waals surface area contributed by atoms with Crippen LogP contribution in [0.5, 0.6) is 11.5 Å². The number of para-hydroxylation sites is 2. The van der Waals surface area contributed by atoms with E-state index in [2.05, 4.69) is 101 Å². The van der Waals surface area contributed by atoms with Crippen molar-refractivity contribution in [2.24, 2.45) is 0 Å². The van der Waals surface area contributed by atoms with E-state index in [0.717, 1.165) is 48.8 Å². The highest BCUT2D eigenvalue weighted by Crippen LogP contribution is 2.51. The topological polar surface area (TPSA) is 42.8 Å². The first-order valence-electron chi connectivity index (χ1n) is 14.0. The van der Waals surface area contributed by atoms with Crippen LogP contribution in [0.25, 0.3) is 0 Å². The molecule has 37 heavy (non-hydrogen) atoms. The van der Waals surface area contributed by atoms with E-state index >= 15 is 0 Å². The number of anilines is 2. The summed E-state index contributed by atoms with van der Waals surface area (Å²) in [6.07, 6.45) is 6.08. The van der Waals surface area contributed by atoms with Crippen LogP contribution in [0.4, 0.5) is 11.4 Å². The quantitative estimate of drug-likeness (QED) is 0.289. The molecule has 3 aliphatic rings. The number of ether oxygens (including phenoxy) is 1. The fourth-order valence-electron chi connectivity index (χ4n) is 6.77. The van der Waals surface area contributed by atoms with E-state index in [-0.39, 0.29) is 0 Å². The maximum Gasteiger partial charge on any atom is 0.151 e. The number of hydrogen-bond acceptors (Lipinski definition) is 4. The number of benzene rings is 3. The molecule has 3 atom stereocenters. The fourth-order valence-corrected chi connectivity index (χ4v) is 6.77. The van der Waals surface area contributed by atoms with Crippen molar-refractivity contribution in [3.8, 4) is 11.5 Å². The molecule has 3 heterocycles. The Bertz CT molecular complexity index is 1240. The lowest BCUT2D eigenvalue weighted by molar-refractivity contribution is 0.129. The Kier molecular flexibility index (Phi) is 6.64. The SMILES string of the molecule is CCN(CC)C(=N)c1ccc2c(c1)Oc1ccccc1N2C1CC2CC[C@H](C1)N2CCc1ccccc1. The second-order valence-electron chi connectivity index (χ2n) is 10.6. The van der Waals surface area contributed by atoms with Gasteiger partial charge in [0.15, 0.2) is 11.5 Å². The normalized spacial score (nSPS) is 22.2. The predicted octanol–water partition coefficient (Wildman–Crippen LogP) is 6.84. The van der Waals surface area contributed by atoms with Gasteiger partial charge in [0.05, 0.1) is 11.4 Å². The minimum atomic E-state index is 0.447. The molecule has 2 bridgehead atoms. The van der Waals surface area contributed by atoms with Crippen molar-refractivity contribution >= 4 is 17.2 Å². The van der Waals surface area contributed by atoms with Crippen LogP contribution in [-0.2, 0) is 6.42 Å². The van der Waals surface area contributed by atoms with E-state index in [1.165, 1.54) is 36.9 Å². The molecule has 0 amide bonds. The Morgan fingerprint density at radius 2 is 1.51 bits per heavy atom. The van der Waals surface area contributed by atoms with Crippen LogP contribution in [-0.4, -0.2) is 53.4 Å². The van der Waals surface area contributed by atoms with Gasteiger partial charge in [-0.1, -0.05) is 42.5 Å². The second-order valence-corrected chi connectivity index (χ2v) is 10.6. The molecule has 192 valence electrons. The van der Waals surface area contributed by atoms with Gasteiger partial charge in [-0.2, -0.15) is 0 Å². The Labute approximate surface area is 221 Å². The highest BCUT2D eigenvalue weighted by Gasteiger charge is 2.44. The molecule has 1 N–H and O–H groups in total. The van der Waals surface area contributed by atoms with E-state index in [4.69, 9.17) is 10.1 Å². The summed E-state index contributed by atoms with van der Waals surface area (Å²) in [4.78, 5) is 7.43. The number of nitrogens with one attached hydrogen (secondary N) is 1. The van der Waals surface area contributed by atoms with E-state index < -0.39 is 0 Å². The van der Waals surface area contributed by atoms with Gasteiger partial charge >= 0.3 is 0 Å². The van der Waals surface area contributed by atoms with Crippen LogP contribution in [0.1, 0.15) is 50.7 Å². The molecule has 0 radical (unpaired) electrons. The largest absolute Gasteiger partial charge is 0.453 e.